The first-order valence-electron chi connectivity index (χ1n) is 8.66. The van der Waals surface area contributed by atoms with E-state index in [-0.39, 0.29) is 35.3 Å². The molecule has 0 atom stereocenters. The molecule has 2 rings (SSSR count). The number of hydrogen-bond donors (Lipinski definition) is 4. The number of phenols is 1. The van der Waals surface area contributed by atoms with Gasteiger partial charge in [0.15, 0.2) is 5.82 Å². The van der Waals surface area contributed by atoms with E-state index in [0.717, 1.165) is 12.8 Å². The molecule has 0 aliphatic carbocycles. The second-order valence-electron chi connectivity index (χ2n) is 5.68. The quantitative estimate of drug-likeness (QED) is 0.404. The zero-order valence-corrected chi connectivity index (χ0v) is 15.4. The summed E-state index contributed by atoms with van der Waals surface area (Å²) < 4.78 is 4.88. The number of aromatic hydroxyl groups is 1. The van der Waals surface area contributed by atoms with Crippen molar-refractivity contribution in [2.75, 3.05) is 24.2 Å². The van der Waals surface area contributed by atoms with Crippen LogP contribution < -0.4 is 16.4 Å². The largest absolute Gasteiger partial charge is 0.506 e. The van der Waals surface area contributed by atoms with Crippen LogP contribution in [0.25, 0.3) is 0 Å². The smallest absolute Gasteiger partial charge is 0.407 e. The van der Waals surface area contributed by atoms with Gasteiger partial charge in [0.05, 0.1) is 6.61 Å². The van der Waals surface area contributed by atoms with Gasteiger partial charge < -0.3 is 26.2 Å². The van der Waals surface area contributed by atoms with E-state index in [1.807, 2.05) is 6.92 Å². The second kappa shape index (κ2) is 10.5. The first kappa shape index (κ1) is 20.6. The van der Waals surface area contributed by atoms with E-state index in [1.54, 1.807) is 18.2 Å². The monoisotopic (exact) mass is 386 g/mol. The molecule has 10 nitrogen and oxygen atoms in total. The minimum absolute atomic E-state index is 0.0117. The molecular formula is C18H22N6O4. The van der Waals surface area contributed by atoms with Gasteiger partial charge in [-0.1, -0.05) is 25.5 Å². The number of carbonyl (C=O) groups is 2. The fraction of sp³-hybridized carbons (Fsp3) is 0.278. The molecule has 1 aromatic heterocycles. The number of phenolic OH excluding ortho intramolecular Hbond substituents is 1. The van der Waals surface area contributed by atoms with Gasteiger partial charge in [-0.2, -0.15) is 0 Å². The highest BCUT2D eigenvalue weighted by Crippen LogP contribution is 2.29. The molecule has 1 heterocycles. The highest BCUT2D eigenvalue weighted by atomic mass is 16.5. The summed E-state index contributed by atoms with van der Waals surface area (Å²) in [5.41, 5.74) is 6.39. The van der Waals surface area contributed by atoms with Gasteiger partial charge >= 0.3 is 6.09 Å². The Labute approximate surface area is 161 Å². The molecule has 2 aromatic rings. The topological polar surface area (TPSA) is 151 Å². The Hall–Kier alpha value is -3.69. The Morgan fingerprint density at radius 3 is 2.64 bits per heavy atom. The number of aromatic nitrogens is 1. The van der Waals surface area contributed by atoms with Gasteiger partial charge in [-0.15, -0.1) is 10.2 Å². The van der Waals surface area contributed by atoms with E-state index in [1.165, 1.54) is 18.2 Å². The fourth-order valence-electron chi connectivity index (χ4n) is 1.98. The van der Waals surface area contributed by atoms with Gasteiger partial charge in [0.2, 0.25) is 5.91 Å². The van der Waals surface area contributed by atoms with Crippen LogP contribution >= 0.6 is 0 Å². The van der Waals surface area contributed by atoms with Crippen molar-refractivity contribution in [2.45, 2.75) is 19.8 Å². The Kier molecular flexibility index (Phi) is 7.70. The SMILES string of the molecule is CCCCOC(=O)NCC(=O)Nc1ccc(N=Nc2ccccc2O)c(N)n1. The molecule has 10 heteroatoms. The maximum atomic E-state index is 11.9. The molecule has 1 aromatic carbocycles. The van der Waals surface area contributed by atoms with Crippen LogP contribution in [0.1, 0.15) is 19.8 Å². The number of nitrogen functional groups attached to an aromatic ring is 1. The van der Waals surface area contributed by atoms with Crippen LogP contribution in [0.2, 0.25) is 0 Å². The standard InChI is InChI=1S/C18H22N6O4/c1-2-3-10-28-18(27)20-11-16(26)21-15-9-8-13(17(19)22-15)24-23-12-6-4-5-7-14(12)25/h4-9,25H,2-3,10-11H2,1H3,(H,20,27)(H3,19,21,22,26). The van der Waals surface area contributed by atoms with Crippen molar-refractivity contribution in [3.05, 3.63) is 36.4 Å². The summed E-state index contributed by atoms with van der Waals surface area (Å²) in [5.74, 6) is -0.251. The third kappa shape index (κ3) is 6.56. The molecule has 0 saturated heterocycles. The van der Waals surface area contributed by atoms with Crippen molar-refractivity contribution in [3.8, 4) is 5.75 Å². The molecule has 0 saturated carbocycles. The molecule has 0 fully saturated rings. The van der Waals surface area contributed by atoms with Crippen molar-refractivity contribution < 1.29 is 19.4 Å². The van der Waals surface area contributed by atoms with E-state index >= 15 is 0 Å². The number of ether oxygens (including phenoxy) is 1. The molecular weight excluding hydrogens is 364 g/mol. The molecule has 28 heavy (non-hydrogen) atoms. The summed E-state index contributed by atoms with van der Waals surface area (Å²) in [6.45, 7) is 2.02. The highest BCUT2D eigenvalue weighted by molar-refractivity contribution is 5.93. The Morgan fingerprint density at radius 1 is 1.18 bits per heavy atom. The van der Waals surface area contributed by atoms with E-state index in [2.05, 4.69) is 25.8 Å². The predicted octanol–water partition coefficient (Wildman–Crippen LogP) is 3.25. The number of benzene rings is 1. The molecule has 2 amide bonds. The summed E-state index contributed by atoms with van der Waals surface area (Å²) in [7, 11) is 0. The number of amides is 2. The number of alkyl carbamates (subject to hydrolysis) is 1. The summed E-state index contributed by atoms with van der Waals surface area (Å²) in [5, 5.41) is 22.4. The van der Waals surface area contributed by atoms with Crippen LogP contribution in [-0.2, 0) is 9.53 Å². The lowest BCUT2D eigenvalue weighted by atomic mass is 10.3. The first-order valence-corrected chi connectivity index (χ1v) is 8.66. The van der Waals surface area contributed by atoms with Crippen LogP contribution in [0.5, 0.6) is 5.75 Å². The summed E-state index contributed by atoms with van der Waals surface area (Å²) in [4.78, 5) is 27.3. The van der Waals surface area contributed by atoms with Gasteiger partial charge in [-0.3, -0.25) is 4.79 Å². The van der Waals surface area contributed by atoms with Crippen LogP contribution in [-0.4, -0.2) is 35.2 Å². The van der Waals surface area contributed by atoms with E-state index in [4.69, 9.17) is 10.5 Å². The normalized spacial score (nSPS) is 10.6. The Balaban J connectivity index is 1.88. The number of nitrogens with one attached hydrogen (secondary N) is 2. The number of nitrogens with two attached hydrogens (primary N) is 1. The maximum absolute atomic E-state index is 11.9. The van der Waals surface area contributed by atoms with Crippen LogP contribution in [0.3, 0.4) is 0 Å². The summed E-state index contributed by atoms with van der Waals surface area (Å²) >= 11 is 0. The minimum Gasteiger partial charge on any atom is -0.506 e. The molecule has 0 bridgehead atoms. The Bertz CT molecular complexity index is 856. The van der Waals surface area contributed by atoms with Crippen molar-refractivity contribution in [1.29, 1.82) is 0 Å². The fourth-order valence-corrected chi connectivity index (χ4v) is 1.98. The lowest BCUT2D eigenvalue weighted by molar-refractivity contribution is -0.115. The van der Waals surface area contributed by atoms with Gasteiger partial charge in [-0.05, 0) is 30.7 Å². The molecule has 5 N–H and O–H groups in total. The summed E-state index contributed by atoms with van der Waals surface area (Å²) in [6.07, 6.45) is 1.01. The zero-order valence-electron chi connectivity index (χ0n) is 15.4. The number of azo groups is 1. The maximum Gasteiger partial charge on any atom is 0.407 e. The van der Waals surface area contributed by atoms with Crippen molar-refractivity contribution in [2.24, 2.45) is 10.2 Å². The van der Waals surface area contributed by atoms with Gasteiger partial charge in [-0.25, -0.2) is 9.78 Å². The number of unbranched alkanes of at least 4 members (excludes halogenated alkanes) is 1. The van der Waals surface area contributed by atoms with Gasteiger partial charge in [0.1, 0.15) is 29.5 Å². The lowest BCUT2D eigenvalue weighted by Crippen LogP contribution is -2.33. The average Bonchev–Trinajstić information content (AvgIpc) is 2.67. The van der Waals surface area contributed by atoms with Crippen LogP contribution in [0.15, 0.2) is 46.6 Å². The van der Waals surface area contributed by atoms with Crippen molar-refractivity contribution in [3.63, 3.8) is 0 Å². The Morgan fingerprint density at radius 2 is 1.93 bits per heavy atom. The number of hydrogen-bond acceptors (Lipinski definition) is 8. The molecule has 148 valence electrons. The van der Waals surface area contributed by atoms with E-state index in [9.17, 15) is 14.7 Å². The van der Waals surface area contributed by atoms with Crippen LogP contribution in [0, 0.1) is 0 Å². The number of rotatable bonds is 8. The van der Waals surface area contributed by atoms with Gasteiger partial charge in [0, 0.05) is 0 Å². The highest BCUT2D eigenvalue weighted by Gasteiger charge is 2.09. The van der Waals surface area contributed by atoms with Crippen molar-refractivity contribution >= 4 is 35.0 Å². The third-order valence-electron chi connectivity index (χ3n) is 3.44. The van der Waals surface area contributed by atoms with Gasteiger partial charge in [0.25, 0.3) is 0 Å². The van der Waals surface area contributed by atoms with Crippen LogP contribution in [0.4, 0.5) is 27.8 Å². The number of anilines is 2. The zero-order chi connectivity index (χ0) is 20.4. The minimum atomic E-state index is -0.656. The molecule has 0 radical (unpaired) electrons. The number of nitrogens with zero attached hydrogens (tertiary/aromatic N) is 3. The number of carbonyl (C=O) groups excluding carboxylic acids is 2. The first-order chi connectivity index (χ1) is 13.5. The molecule has 0 unspecified atom stereocenters. The second-order valence-corrected chi connectivity index (χ2v) is 5.68. The lowest BCUT2D eigenvalue weighted by Gasteiger charge is -2.08. The molecule has 0 aliphatic heterocycles. The summed E-state index contributed by atoms with van der Waals surface area (Å²) in [6, 6.07) is 9.48. The third-order valence-corrected chi connectivity index (χ3v) is 3.44. The van der Waals surface area contributed by atoms with E-state index in [0.29, 0.717) is 6.61 Å². The number of pyridine rings is 1. The average molecular weight is 386 g/mol. The number of para-hydroxylation sites is 1. The molecule has 0 spiro atoms. The van der Waals surface area contributed by atoms with E-state index < -0.39 is 12.0 Å². The van der Waals surface area contributed by atoms with Crippen molar-refractivity contribution in [1.82, 2.24) is 10.3 Å². The predicted molar refractivity (Wildman–Crippen MR) is 104 cm³/mol. The molecule has 0 aliphatic rings.